The molecule has 3 rings (SSSR count). The minimum absolute atomic E-state index is 0.481. The summed E-state index contributed by atoms with van der Waals surface area (Å²) in [5.41, 5.74) is 1.64. The number of aryl methyl sites for hydroxylation is 1. The highest BCUT2D eigenvalue weighted by Gasteiger charge is 2.13. The van der Waals surface area contributed by atoms with Crippen LogP contribution in [0.5, 0.6) is 0 Å². The summed E-state index contributed by atoms with van der Waals surface area (Å²) in [6.07, 6.45) is 1.88. The third-order valence-electron chi connectivity index (χ3n) is 3.85. The van der Waals surface area contributed by atoms with E-state index < -0.39 is 6.10 Å². The van der Waals surface area contributed by atoms with Gasteiger partial charge in [0.15, 0.2) is 5.65 Å². The van der Waals surface area contributed by atoms with E-state index >= 15 is 0 Å². The fourth-order valence-corrected chi connectivity index (χ4v) is 2.61. The van der Waals surface area contributed by atoms with E-state index in [2.05, 4.69) is 15.0 Å². The Balaban J connectivity index is 1.77. The zero-order valence-corrected chi connectivity index (χ0v) is 13.3. The van der Waals surface area contributed by atoms with Gasteiger partial charge in [0.05, 0.1) is 11.5 Å². The summed E-state index contributed by atoms with van der Waals surface area (Å²) >= 11 is 0. The first-order valence-corrected chi connectivity index (χ1v) is 7.68. The van der Waals surface area contributed by atoms with Gasteiger partial charge in [0.2, 0.25) is 0 Å². The van der Waals surface area contributed by atoms with Crippen molar-refractivity contribution in [1.29, 1.82) is 0 Å². The number of rotatable bonds is 5. The number of aliphatic hydroxyl groups excluding tert-OH is 1. The van der Waals surface area contributed by atoms with Crippen LogP contribution in [0.3, 0.4) is 0 Å². The van der Waals surface area contributed by atoms with E-state index in [1.165, 1.54) is 0 Å². The number of fused-ring (bicyclic) bond motifs is 1. The Morgan fingerprint density at radius 3 is 2.65 bits per heavy atom. The van der Waals surface area contributed by atoms with Crippen molar-refractivity contribution >= 4 is 16.9 Å². The van der Waals surface area contributed by atoms with E-state index in [0.717, 1.165) is 16.8 Å². The van der Waals surface area contributed by atoms with Crippen molar-refractivity contribution in [2.45, 2.75) is 19.4 Å². The summed E-state index contributed by atoms with van der Waals surface area (Å²) in [4.78, 5) is 15.3. The Bertz CT molecular complexity index is 791. The molecule has 0 aliphatic carbocycles. The number of benzene rings is 1. The second kappa shape index (κ2) is 6.71. The lowest BCUT2D eigenvalue weighted by atomic mass is 10.1. The molecule has 0 radical (unpaired) electrons. The maximum Gasteiger partial charge on any atom is 0.164 e. The maximum atomic E-state index is 10.3. The highest BCUT2D eigenvalue weighted by molar-refractivity contribution is 5.86. The van der Waals surface area contributed by atoms with Crippen LogP contribution in [0.1, 0.15) is 23.9 Å². The molecule has 0 amide bonds. The quantitative estimate of drug-likeness (QED) is 0.785. The Labute approximate surface area is 135 Å². The standard InChI is InChI=1S/C18H20N4O/c1-13-20-17-15(9-6-11-19-17)18(21-13)22(2)12-10-16(23)14-7-4-3-5-8-14/h3-9,11,16,23H,10,12H2,1-2H3/t16-/m1/s1. The lowest BCUT2D eigenvalue weighted by Gasteiger charge is -2.21. The zero-order valence-electron chi connectivity index (χ0n) is 13.3. The lowest BCUT2D eigenvalue weighted by molar-refractivity contribution is 0.170. The van der Waals surface area contributed by atoms with Crippen LogP contribution >= 0.6 is 0 Å². The molecule has 0 aliphatic heterocycles. The number of pyridine rings is 1. The highest BCUT2D eigenvalue weighted by Crippen LogP contribution is 2.23. The van der Waals surface area contributed by atoms with Gasteiger partial charge in [0.1, 0.15) is 11.6 Å². The monoisotopic (exact) mass is 308 g/mol. The molecule has 5 heteroatoms. The molecule has 2 aromatic heterocycles. The Hall–Kier alpha value is -2.53. The molecule has 118 valence electrons. The van der Waals surface area contributed by atoms with Gasteiger partial charge in [-0.15, -0.1) is 0 Å². The number of aliphatic hydroxyl groups is 1. The molecule has 0 fully saturated rings. The Kier molecular flexibility index (Phi) is 4.48. The van der Waals surface area contributed by atoms with Crippen LogP contribution in [0.4, 0.5) is 5.82 Å². The van der Waals surface area contributed by atoms with E-state index in [4.69, 9.17) is 0 Å². The van der Waals surface area contributed by atoms with Crippen LogP contribution in [0, 0.1) is 6.92 Å². The predicted octanol–water partition coefficient (Wildman–Crippen LogP) is 2.89. The van der Waals surface area contributed by atoms with Gasteiger partial charge >= 0.3 is 0 Å². The topological polar surface area (TPSA) is 62.1 Å². The summed E-state index contributed by atoms with van der Waals surface area (Å²) in [5, 5.41) is 11.2. The van der Waals surface area contributed by atoms with E-state index in [-0.39, 0.29) is 0 Å². The van der Waals surface area contributed by atoms with Gasteiger partial charge in [-0.3, -0.25) is 0 Å². The minimum atomic E-state index is -0.481. The van der Waals surface area contributed by atoms with Crippen molar-refractivity contribution < 1.29 is 5.11 Å². The third-order valence-corrected chi connectivity index (χ3v) is 3.85. The smallest absolute Gasteiger partial charge is 0.164 e. The molecule has 1 atom stereocenters. The highest BCUT2D eigenvalue weighted by atomic mass is 16.3. The fourth-order valence-electron chi connectivity index (χ4n) is 2.61. The lowest BCUT2D eigenvalue weighted by Crippen LogP contribution is -2.22. The summed E-state index contributed by atoms with van der Waals surface area (Å²) < 4.78 is 0. The SMILES string of the molecule is Cc1nc(N(C)CC[C@@H](O)c2ccccc2)c2cccnc2n1. The van der Waals surface area contributed by atoms with E-state index in [9.17, 15) is 5.11 Å². The van der Waals surface area contributed by atoms with Crippen LogP contribution < -0.4 is 4.90 Å². The molecule has 2 heterocycles. The van der Waals surface area contributed by atoms with Crippen LogP contribution in [0.2, 0.25) is 0 Å². The minimum Gasteiger partial charge on any atom is -0.388 e. The van der Waals surface area contributed by atoms with Gasteiger partial charge in [-0.2, -0.15) is 0 Å². The molecule has 3 aromatic rings. The molecular formula is C18H20N4O. The Morgan fingerprint density at radius 1 is 1.09 bits per heavy atom. The van der Waals surface area contributed by atoms with Crippen LogP contribution in [-0.2, 0) is 0 Å². The number of hydrogen-bond acceptors (Lipinski definition) is 5. The van der Waals surface area contributed by atoms with Crippen molar-refractivity contribution in [2.75, 3.05) is 18.5 Å². The Morgan fingerprint density at radius 2 is 1.87 bits per heavy atom. The summed E-state index contributed by atoms with van der Waals surface area (Å²) in [7, 11) is 1.98. The molecule has 5 nitrogen and oxygen atoms in total. The van der Waals surface area contributed by atoms with Gasteiger partial charge < -0.3 is 10.0 Å². The molecule has 0 aliphatic rings. The van der Waals surface area contributed by atoms with E-state index in [1.807, 2.05) is 61.3 Å². The number of nitrogens with zero attached hydrogens (tertiary/aromatic N) is 4. The van der Waals surface area contributed by atoms with Gasteiger partial charge in [-0.05, 0) is 31.0 Å². The van der Waals surface area contributed by atoms with Crippen molar-refractivity contribution in [1.82, 2.24) is 15.0 Å². The third kappa shape index (κ3) is 3.46. The zero-order chi connectivity index (χ0) is 16.2. The van der Waals surface area contributed by atoms with Gasteiger partial charge in [0, 0.05) is 19.8 Å². The van der Waals surface area contributed by atoms with Crippen molar-refractivity contribution in [3.8, 4) is 0 Å². The van der Waals surface area contributed by atoms with E-state index in [0.29, 0.717) is 24.4 Å². The van der Waals surface area contributed by atoms with Crippen molar-refractivity contribution in [3.63, 3.8) is 0 Å². The molecule has 23 heavy (non-hydrogen) atoms. The summed E-state index contributed by atoms with van der Waals surface area (Å²) in [5.74, 6) is 1.54. The van der Waals surface area contributed by atoms with Gasteiger partial charge in [-0.1, -0.05) is 30.3 Å². The van der Waals surface area contributed by atoms with Crippen LogP contribution in [0.15, 0.2) is 48.7 Å². The van der Waals surface area contributed by atoms with Gasteiger partial charge in [-0.25, -0.2) is 15.0 Å². The number of anilines is 1. The molecule has 1 N–H and O–H groups in total. The predicted molar refractivity (Wildman–Crippen MR) is 91.4 cm³/mol. The van der Waals surface area contributed by atoms with Crippen LogP contribution in [-0.4, -0.2) is 33.7 Å². The average molecular weight is 308 g/mol. The van der Waals surface area contributed by atoms with Gasteiger partial charge in [0.25, 0.3) is 0 Å². The molecule has 0 saturated carbocycles. The first-order chi connectivity index (χ1) is 11.1. The molecule has 0 bridgehead atoms. The molecular weight excluding hydrogens is 288 g/mol. The fraction of sp³-hybridized carbons (Fsp3) is 0.278. The second-order valence-electron chi connectivity index (χ2n) is 5.61. The number of hydrogen-bond donors (Lipinski definition) is 1. The molecule has 0 spiro atoms. The second-order valence-corrected chi connectivity index (χ2v) is 5.61. The first-order valence-electron chi connectivity index (χ1n) is 7.68. The molecule has 0 unspecified atom stereocenters. The maximum absolute atomic E-state index is 10.3. The average Bonchev–Trinajstić information content (AvgIpc) is 2.59. The van der Waals surface area contributed by atoms with Crippen molar-refractivity contribution in [2.24, 2.45) is 0 Å². The normalized spacial score (nSPS) is 12.3. The largest absolute Gasteiger partial charge is 0.388 e. The number of aromatic nitrogens is 3. The first kappa shape index (κ1) is 15.4. The molecule has 0 saturated heterocycles. The summed E-state index contributed by atoms with van der Waals surface area (Å²) in [6, 6.07) is 13.6. The summed E-state index contributed by atoms with van der Waals surface area (Å²) in [6.45, 7) is 2.56. The van der Waals surface area contributed by atoms with Crippen LogP contribution in [0.25, 0.3) is 11.0 Å². The van der Waals surface area contributed by atoms with E-state index in [1.54, 1.807) is 6.20 Å². The molecule has 1 aromatic carbocycles. The van der Waals surface area contributed by atoms with Crippen molar-refractivity contribution in [3.05, 3.63) is 60.0 Å².